The lowest BCUT2D eigenvalue weighted by molar-refractivity contribution is -0.118. The van der Waals surface area contributed by atoms with Crippen molar-refractivity contribution in [1.82, 2.24) is 20.2 Å². The third-order valence-corrected chi connectivity index (χ3v) is 6.35. The third-order valence-electron chi connectivity index (χ3n) is 4.89. The van der Waals surface area contributed by atoms with Gasteiger partial charge < -0.3 is 4.90 Å². The molecule has 0 atom stereocenters. The summed E-state index contributed by atoms with van der Waals surface area (Å²) < 4.78 is 2.93. The van der Waals surface area contributed by atoms with Crippen molar-refractivity contribution in [2.24, 2.45) is 5.10 Å². The Morgan fingerprint density at radius 3 is 2.41 bits per heavy atom. The summed E-state index contributed by atoms with van der Waals surface area (Å²) in [4.78, 5) is 14.4. The van der Waals surface area contributed by atoms with Crippen molar-refractivity contribution in [1.29, 1.82) is 0 Å². The number of thioether (sulfide) groups is 1. The number of benzene rings is 3. The first-order valence-corrected chi connectivity index (χ1v) is 12.3. The van der Waals surface area contributed by atoms with Gasteiger partial charge in [0.05, 0.1) is 12.0 Å². The molecule has 1 heterocycles. The van der Waals surface area contributed by atoms with Crippen LogP contribution in [0.1, 0.15) is 5.56 Å². The van der Waals surface area contributed by atoms with Crippen molar-refractivity contribution < 1.29 is 4.79 Å². The van der Waals surface area contributed by atoms with Crippen molar-refractivity contribution in [2.75, 3.05) is 24.7 Å². The van der Waals surface area contributed by atoms with Crippen LogP contribution in [0.3, 0.4) is 0 Å². The molecule has 3 aromatic carbocycles. The van der Waals surface area contributed by atoms with E-state index in [9.17, 15) is 4.79 Å². The predicted molar refractivity (Wildman–Crippen MR) is 142 cm³/mol. The van der Waals surface area contributed by atoms with E-state index in [1.807, 2.05) is 102 Å². The molecule has 0 aliphatic carbocycles. The molecule has 0 fully saturated rings. The zero-order valence-corrected chi connectivity index (χ0v) is 21.1. The molecule has 0 aliphatic heterocycles. The molecule has 9 heteroatoms. The molecule has 0 unspecified atom stereocenters. The summed E-state index contributed by atoms with van der Waals surface area (Å²) in [5.41, 5.74) is 6.44. The maximum atomic E-state index is 12.4. The standard InChI is InChI=1S/C25H23BrN6OS/c1-31(2)21-12-8-18(9-13-21)16-27-28-23(33)17-34-25-30-29-24(19-6-4-3-5-7-19)32(25)22-14-10-20(26)11-15-22/h3-16H,17H2,1-2H3,(H,28,33)/b27-16+. The second kappa shape index (κ2) is 11.1. The van der Waals surface area contributed by atoms with Crippen molar-refractivity contribution in [3.63, 3.8) is 0 Å². The van der Waals surface area contributed by atoms with Crippen molar-refractivity contribution >= 4 is 45.5 Å². The van der Waals surface area contributed by atoms with Crippen molar-refractivity contribution in [2.45, 2.75) is 5.16 Å². The highest BCUT2D eigenvalue weighted by atomic mass is 79.9. The van der Waals surface area contributed by atoms with Crippen LogP contribution < -0.4 is 10.3 Å². The van der Waals surface area contributed by atoms with Crippen LogP contribution in [0.4, 0.5) is 5.69 Å². The number of carbonyl (C=O) groups excluding carboxylic acids is 1. The summed E-state index contributed by atoms with van der Waals surface area (Å²) >= 11 is 4.78. The number of hydrogen-bond acceptors (Lipinski definition) is 6. The van der Waals surface area contributed by atoms with E-state index >= 15 is 0 Å². The monoisotopic (exact) mass is 534 g/mol. The normalized spacial score (nSPS) is 11.0. The first-order chi connectivity index (χ1) is 16.5. The summed E-state index contributed by atoms with van der Waals surface area (Å²) in [5.74, 6) is 0.642. The molecule has 0 spiro atoms. The molecule has 1 aromatic heterocycles. The summed E-state index contributed by atoms with van der Waals surface area (Å²) in [5, 5.41) is 13.5. The molecule has 0 aliphatic rings. The Morgan fingerprint density at radius 2 is 1.74 bits per heavy atom. The molecule has 4 rings (SSSR count). The van der Waals surface area contributed by atoms with Crippen LogP contribution in [0.5, 0.6) is 0 Å². The van der Waals surface area contributed by atoms with Gasteiger partial charge in [0.2, 0.25) is 0 Å². The minimum Gasteiger partial charge on any atom is -0.378 e. The van der Waals surface area contributed by atoms with E-state index in [4.69, 9.17) is 0 Å². The molecular formula is C25H23BrN6OS. The largest absolute Gasteiger partial charge is 0.378 e. The highest BCUT2D eigenvalue weighted by Crippen LogP contribution is 2.28. The molecule has 1 amide bonds. The number of amides is 1. The minimum atomic E-state index is -0.224. The highest BCUT2D eigenvalue weighted by molar-refractivity contribution is 9.10. The highest BCUT2D eigenvalue weighted by Gasteiger charge is 2.17. The molecule has 0 radical (unpaired) electrons. The number of halogens is 1. The van der Waals surface area contributed by atoms with Gasteiger partial charge in [0.15, 0.2) is 11.0 Å². The van der Waals surface area contributed by atoms with Crippen LogP contribution in [-0.4, -0.2) is 46.7 Å². The van der Waals surface area contributed by atoms with Gasteiger partial charge in [-0.3, -0.25) is 9.36 Å². The summed E-state index contributed by atoms with van der Waals surface area (Å²) in [6.07, 6.45) is 1.62. The number of nitrogens with zero attached hydrogens (tertiary/aromatic N) is 5. The Kier molecular flexibility index (Phi) is 7.76. The number of rotatable bonds is 8. The van der Waals surface area contributed by atoms with Crippen LogP contribution in [0.15, 0.2) is 93.6 Å². The maximum Gasteiger partial charge on any atom is 0.250 e. The SMILES string of the molecule is CN(C)c1ccc(/C=N/NC(=O)CSc2nnc(-c3ccccc3)n2-c2ccc(Br)cc2)cc1. The minimum absolute atomic E-state index is 0.153. The summed E-state index contributed by atoms with van der Waals surface area (Å²) in [7, 11) is 3.97. The van der Waals surface area contributed by atoms with Gasteiger partial charge >= 0.3 is 0 Å². The topological polar surface area (TPSA) is 75.4 Å². The second-order valence-electron chi connectivity index (χ2n) is 7.55. The molecule has 7 nitrogen and oxygen atoms in total. The number of hydrogen-bond donors (Lipinski definition) is 1. The van der Waals surface area contributed by atoms with Crippen LogP contribution in [0, 0.1) is 0 Å². The fraction of sp³-hybridized carbons (Fsp3) is 0.120. The molecule has 34 heavy (non-hydrogen) atoms. The Hall–Kier alpha value is -3.43. The summed E-state index contributed by atoms with van der Waals surface area (Å²) in [6, 6.07) is 25.6. The molecule has 4 aromatic rings. The average molecular weight is 535 g/mol. The van der Waals surface area contributed by atoms with Gasteiger partial charge in [0.25, 0.3) is 5.91 Å². The maximum absolute atomic E-state index is 12.4. The average Bonchev–Trinajstić information content (AvgIpc) is 3.28. The quantitative estimate of drug-likeness (QED) is 0.195. The zero-order chi connectivity index (χ0) is 23.9. The number of nitrogens with one attached hydrogen (secondary N) is 1. The van der Waals surface area contributed by atoms with Gasteiger partial charge in [-0.1, -0.05) is 70.2 Å². The van der Waals surface area contributed by atoms with Crippen molar-refractivity contribution in [3.05, 3.63) is 88.9 Å². The van der Waals surface area contributed by atoms with Crippen LogP contribution in [0.2, 0.25) is 0 Å². The first kappa shape index (κ1) is 23.7. The molecular weight excluding hydrogens is 512 g/mol. The summed E-state index contributed by atoms with van der Waals surface area (Å²) in [6.45, 7) is 0. The van der Waals surface area contributed by atoms with Crippen LogP contribution in [0.25, 0.3) is 17.1 Å². The van der Waals surface area contributed by atoms with Gasteiger partial charge in [-0.05, 0) is 42.0 Å². The van der Waals surface area contributed by atoms with E-state index in [-0.39, 0.29) is 11.7 Å². The Morgan fingerprint density at radius 1 is 1.03 bits per heavy atom. The number of hydrazone groups is 1. The van der Waals surface area contributed by atoms with E-state index < -0.39 is 0 Å². The van der Waals surface area contributed by atoms with Gasteiger partial charge in [0.1, 0.15) is 0 Å². The third kappa shape index (κ3) is 5.92. The van der Waals surface area contributed by atoms with Crippen LogP contribution in [-0.2, 0) is 4.79 Å². The molecule has 1 N–H and O–H groups in total. The number of carbonyl (C=O) groups is 1. The lowest BCUT2D eigenvalue weighted by Gasteiger charge is -2.11. The van der Waals surface area contributed by atoms with Crippen molar-refractivity contribution in [3.8, 4) is 17.1 Å². The first-order valence-electron chi connectivity index (χ1n) is 10.5. The van der Waals surface area contributed by atoms with Gasteiger partial charge in [0, 0.05) is 35.5 Å². The number of anilines is 1. The Balaban J connectivity index is 1.45. The Bertz CT molecular complexity index is 1270. The number of aromatic nitrogens is 3. The van der Waals surface area contributed by atoms with E-state index in [1.54, 1.807) is 6.21 Å². The lowest BCUT2D eigenvalue weighted by atomic mass is 10.2. The van der Waals surface area contributed by atoms with Gasteiger partial charge in [-0.15, -0.1) is 10.2 Å². The van der Waals surface area contributed by atoms with E-state index in [1.165, 1.54) is 11.8 Å². The fourth-order valence-electron chi connectivity index (χ4n) is 3.16. The second-order valence-corrected chi connectivity index (χ2v) is 9.41. The fourth-order valence-corrected chi connectivity index (χ4v) is 4.17. The molecule has 0 saturated carbocycles. The van der Waals surface area contributed by atoms with Gasteiger partial charge in [-0.2, -0.15) is 5.10 Å². The smallest absolute Gasteiger partial charge is 0.250 e. The van der Waals surface area contributed by atoms with Crippen LogP contribution >= 0.6 is 27.7 Å². The predicted octanol–water partition coefficient (Wildman–Crippen LogP) is 5.01. The van der Waals surface area contributed by atoms with Gasteiger partial charge in [-0.25, -0.2) is 5.43 Å². The van der Waals surface area contributed by atoms with E-state index in [2.05, 4.69) is 36.7 Å². The lowest BCUT2D eigenvalue weighted by Crippen LogP contribution is -2.20. The van der Waals surface area contributed by atoms with E-state index in [0.29, 0.717) is 11.0 Å². The molecule has 0 saturated heterocycles. The zero-order valence-electron chi connectivity index (χ0n) is 18.7. The molecule has 172 valence electrons. The molecule has 0 bridgehead atoms. The Labute approximate surface area is 211 Å². The van der Waals surface area contributed by atoms with E-state index in [0.717, 1.165) is 27.0 Å².